The van der Waals surface area contributed by atoms with Crippen molar-refractivity contribution in [1.82, 2.24) is 5.43 Å². The van der Waals surface area contributed by atoms with Crippen molar-refractivity contribution in [3.8, 4) is 5.75 Å². The number of hydrogen-bond donors (Lipinski definition) is 2. The summed E-state index contributed by atoms with van der Waals surface area (Å²) < 4.78 is 11.3. The topological polar surface area (TPSA) is 56.5 Å². The van der Waals surface area contributed by atoms with Gasteiger partial charge < -0.3 is 9.47 Å². The first-order chi connectivity index (χ1) is 9.38. The number of rotatable bonds is 8. The molecule has 1 saturated heterocycles. The van der Waals surface area contributed by atoms with Crippen molar-refractivity contribution in [3.05, 3.63) is 30.3 Å². The molecule has 1 aromatic rings. The Kier molecular flexibility index (Phi) is 6.14. The van der Waals surface area contributed by atoms with Crippen LogP contribution in [0, 0.1) is 0 Å². The molecule has 2 unspecified atom stereocenters. The maximum atomic E-state index is 5.71. The lowest BCUT2D eigenvalue weighted by atomic mass is 10.1. The van der Waals surface area contributed by atoms with Crippen LogP contribution in [0.2, 0.25) is 0 Å². The van der Waals surface area contributed by atoms with Crippen molar-refractivity contribution in [2.45, 2.75) is 44.2 Å². The normalized spacial score (nSPS) is 20.4. The molecule has 0 bridgehead atoms. The zero-order chi connectivity index (χ0) is 13.3. The monoisotopic (exact) mass is 264 g/mol. The fourth-order valence-electron chi connectivity index (χ4n) is 2.39. The Hall–Kier alpha value is -1.10. The van der Waals surface area contributed by atoms with E-state index in [1.54, 1.807) is 0 Å². The second kappa shape index (κ2) is 8.15. The van der Waals surface area contributed by atoms with Crippen molar-refractivity contribution >= 4 is 0 Å². The van der Waals surface area contributed by atoms with Gasteiger partial charge in [0.25, 0.3) is 0 Å². The van der Waals surface area contributed by atoms with E-state index in [1.807, 2.05) is 30.3 Å². The van der Waals surface area contributed by atoms with E-state index in [1.165, 1.54) is 12.8 Å². The van der Waals surface area contributed by atoms with Crippen LogP contribution < -0.4 is 16.0 Å². The molecule has 2 atom stereocenters. The minimum Gasteiger partial charge on any atom is -0.492 e. The van der Waals surface area contributed by atoms with Gasteiger partial charge in [0.05, 0.1) is 12.1 Å². The van der Waals surface area contributed by atoms with Gasteiger partial charge in [0.15, 0.2) is 0 Å². The van der Waals surface area contributed by atoms with Gasteiger partial charge in [-0.1, -0.05) is 18.2 Å². The molecule has 0 aromatic heterocycles. The molecule has 1 heterocycles. The van der Waals surface area contributed by atoms with Gasteiger partial charge in [-0.2, -0.15) is 0 Å². The molecule has 0 aliphatic carbocycles. The number of ether oxygens (including phenoxy) is 2. The van der Waals surface area contributed by atoms with Crippen molar-refractivity contribution < 1.29 is 9.47 Å². The molecule has 3 N–H and O–H groups in total. The SMILES string of the molecule is NNC(CCCC1CCCO1)COc1ccccc1. The van der Waals surface area contributed by atoms with Crippen molar-refractivity contribution in [2.24, 2.45) is 5.84 Å². The highest BCUT2D eigenvalue weighted by Gasteiger charge is 2.16. The molecular formula is C15H24N2O2. The van der Waals surface area contributed by atoms with Gasteiger partial charge in [-0.3, -0.25) is 11.3 Å². The Labute approximate surface area is 115 Å². The molecule has 4 heteroatoms. The predicted octanol–water partition coefficient (Wildman–Crippen LogP) is 2.25. The van der Waals surface area contributed by atoms with Crippen LogP contribution in [0.3, 0.4) is 0 Å². The average Bonchev–Trinajstić information content (AvgIpc) is 2.97. The fraction of sp³-hybridized carbons (Fsp3) is 0.600. The predicted molar refractivity (Wildman–Crippen MR) is 75.9 cm³/mol. The minimum atomic E-state index is 0.196. The Balaban J connectivity index is 1.62. The average molecular weight is 264 g/mol. The molecular weight excluding hydrogens is 240 g/mol. The zero-order valence-electron chi connectivity index (χ0n) is 11.4. The second-order valence-corrected chi connectivity index (χ2v) is 5.05. The number of hydrogen-bond acceptors (Lipinski definition) is 4. The summed E-state index contributed by atoms with van der Waals surface area (Å²) in [5.74, 6) is 6.46. The van der Waals surface area contributed by atoms with Crippen LogP contribution in [0.1, 0.15) is 32.1 Å². The Bertz CT molecular complexity index is 339. The van der Waals surface area contributed by atoms with E-state index < -0.39 is 0 Å². The van der Waals surface area contributed by atoms with Crippen molar-refractivity contribution in [3.63, 3.8) is 0 Å². The fourth-order valence-corrected chi connectivity index (χ4v) is 2.39. The largest absolute Gasteiger partial charge is 0.492 e. The van der Waals surface area contributed by atoms with Crippen molar-refractivity contribution in [2.75, 3.05) is 13.2 Å². The van der Waals surface area contributed by atoms with E-state index in [-0.39, 0.29) is 6.04 Å². The molecule has 1 aliphatic heterocycles. The minimum absolute atomic E-state index is 0.196. The van der Waals surface area contributed by atoms with Crippen LogP contribution in [0.5, 0.6) is 5.75 Å². The number of nitrogens with two attached hydrogens (primary N) is 1. The van der Waals surface area contributed by atoms with Crippen LogP contribution in [-0.4, -0.2) is 25.4 Å². The molecule has 0 saturated carbocycles. The van der Waals surface area contributed by atoms with Crippen LogP contribution in [0.4, 0.5) is 0 Å². The summed E-state index contributed by atoms with van der Waals surface area (Å²) in [4.78, 5) is 0. The maximum Gasteiger partial charge on any atom is 0.119 e. The first-order valence-corrected chi connectivity index (χ1v) is 7.14. The lowest BCUT2D eigenvalue weighted by Crippen LogP contribution is -2.39. The van der Waals surface area contributed by atoms with Crippen LogP contribution >= 0.6 is 0 Å². The van der Waals surface area contributed by atoms with Gasteiger partial charge in [0.1, 0.15) is 12.4 Å². The number of benzene rings is 1. The molecule has 19 heavy (non-hydrogen) atoms. The van der Waals surface area contributed by atoms with Gasteiger partial charge >= 0.3 is 0 Å². The summed E-state index contributed by atoms with van der Waals surface area (Å²) in [7, 11) is 0. The molecule has 2 rings (SSSR count). The van der Waals surface area contributed by atoms with E-state index in [2.05, 4.69) is 5.43 Å². The number of hydrazine groups is 1. The lowest BCUT2D eigenvalue weighted by molar-refractivity contribution is 0.100. The first-order valence-electron chi connectivity index (χ1n) is 7.14. The van der Waals surface area contributed by atoms with Gasteiger partial charge in [0.2, 0.25) is 0 Å². The standard InChI is InChI=1S/C15H24N2O2/c16-17-13(6-4-9-14-10-5-11-18-14)12-19-15-7-2-1-3-8-15/h1-3,7-8,13-14,17H,4-6,9-12,16H2. The van der Waals surface area contributed by atoms with Gasteiger partial charge in [-0.05, 0) is 44.2 Å². The summed E-state index contributed by atoms with van der Waals surface area (Å²) in [6, 6.07) is 10.0. The van der Waals surface area contributed by atoms with Crippen LogP contribution in [-0.2, 0) is 4.74 Å². The number of para-hydroxylation sites is 1. The van der Waals surface area contributed by atoms with Gasteiger partial charge in [-0.15, -0.1) is 0 Å². The third-order valence-electron chi connectivity index (χ3n) is 3.53. The smallest absolute Gasteiger partial charge is 0.119 e. The first kappa shape index (κ1) is 14.3. The van der Waals surface area contributed by atoms with E-state index in [0.29, 0.717) is 12.7 Å². The Morgan fingerprint density at radius 3 is 2.89 bits per heavy atom. The molecule has 4 nitrogen and oxygen atoms in total. The van der Waals surface area contributed by atoms with Gasteiger partial charge in [-0.25, -0.2) is 0 Å². The summed E-state index contributed by atoms with van der Waals surface area (Å²) in [5.41, 5.74) is 2.83. The third kappa shape index (κ3) is 5.19. The molecule has 1 fully saturated rings. The highest BCUT2D eigenvalue weighted by atomic mass is 16.5. The van der Waals surface area contributed by atoms with E-state index >= 15 is 0 Å². The molecule has 0 radical (unpaired) electrons. The summed E-state index contributed by atoms with van der Waals surface area (Å²) in [6.07, 6.45) is 6.15. The van der Waals surface area contributed by atoms with Crippen molar-refractivity contribution in [1.29, 1.82) is 0 Å². The molecule has 0 amide bonds. The van der Waals surface area contributed by atoms with Gasteiger partial charge in [0, 0.05) is 6.61 Å². The zero-order valence-corrected chi connectivity index (χ0v) is 11.4. The van der Waals surface area contributed by atoms with Crippen LogP contribution in [0.25, 0.3) is 0 Å². The highest BCUT2D eigenvalue weighted by molar-refractivity contribution is 5.20. The highest BCUT2D eigenvalue weighted by Crippen LogP contribution is 2.18. The Morgan fingerprint density at radius 1 is 1.37 bits per heavy atom. The summed E-state index contributed by atoms with van der Waals surface area (Å²) in [6.45, 7) is 1.53. The maximum absolute atomic E-state index is 5.71. The third-order valence-corrected chi connectivity index (χ3v) is 3.53. The lowest BCUT2D eigenvalue weighted by Gasteiger charge is -2.17. The summed E-state index contributed by atoms with van der Waals surface area (Å²) >= 11 is 0. The molecule has 106 valence electrons. The van der Waals surface area contributed by atoms with E-state index in [0.717, 1.165) is 31.6 Å². The Morgan fingerprint density at radius 2 is 2.21 bits per heavy atom. The molecule has 0 spiro atoms. The number of nitrogens with one attached hydrogen (secondary N) is 1. The van der Waals surface area contributed by atoms with E-state index in [4.69, 9.17) is 15.3 Å². The van der Waals surface area contributed by atoms with E-state index in [9.17, 15) is 0 Å². The summed E-state index contributed by atoms with van der Waals surface area (Å²) in [5, 5.41) is 0. The molecule has 1 aromatic carbocycles. The second-order valence-electron chi connectivity index (χ2n) is 5.05. The van der Waals surface area contributed by atoms with Crippen LogP contribution in [0.15, 0.2) is 30.3 Å². The quantitative estimate of drug-likeness (QED) is 0.558. The molecule has 1 aliphatic rings.